The number of sulfonamides is 1. The van der Waals surface area contributed by atoms with Gasteiger partial charge in [0, 0.05) is 12.1 Å². The van der Waals surface area contributed by atoms with E-state index in [2.05, 4.69) is 14.7 Å². The fourth-order valence-electron chi connectivity index (χ4n) is 1.33. The standard InChI is InChI=1S/C10H7ClN4O4S/c11-9-5-13-10(6-12-9)14-20(18,19)8-3-1-2-7(4-8)15(16)17/h1-6H,(H,13,14). The van der Waals surface area contributed by atoms with Gasteiger partial charge >= 0.3 is 0 Å². The second kappa shape index (κ2) is 5.39. The van der Waals surface area contributed by atoms with E-state index in [1.165, 1.54) is 24.4 Å². The third kappa shape index (κ3) is 3.19. The number of anilines is 1. The Morgan fingerprint density at radius 2 is 2.00 bits per heavy atom. The van der Waals surface area contributed by atoms with Crippen LogP contribution in [0.5, 0.6) is 0 Å². The molecule has 104 valence electrons. The molecule has 8 nitrogen and oxygen atoms in total. The molecule has 0 aliphatic rings. The van der Waals surface area contributed by atoms with Gasteiger partial charge in [0.05, 0.1) is 22.2 Å². The average Bonchev–Trinajstić information content (AvgIpc) is 2.41. The van der Waals surface area contributed by atoms with Crippen LogP contribution in [0.15, 0.2) is 41.6 Å². The molecule has 10 heteroatoms. The normalized spacial score (nSPS) is 11.1. The first-order valence-electron chi connectivity index (χ1n) is 5.13. The van der Waals surface area contributed by atoms with Crippen molar-refractivity contribution in [2.75, 3.05) is 4.72 Å². The topological polar surface area (TPSA) is 115 Å². The van der Waals surface area contributed by atoms with Gasteiger partial charge in [0.2, 0.25) is 0 Å². The summed E-state index contributed by atoms with van der Waals surface area (Å²) in [4.78, 5) is 17.1. The number of nitrogens with one attached hydrogen (secondary N) is 1. The van der Waals surface area contributed by atoms with Crippen LogP contribution in [0.25, 0.3) is 0 Å². The van der Waals surface area contributed by atoms with Crippen LogP contribution in [-0.2, 0) is 10.0 Å². The van der Waals surface area contributed by atoms with E-state index in [4.69, 9.17) is 11.6 Å². The minimum absolute atomic E-state index is 0.0408. The second-order valence-corrected chi connectivity index (χ2v) is 5.65. The summed E-state index contributed by atoms with van der Waals surface area (Å²) < 4.78 is 26.2. The Balaban J connectivity index is 2.33. The molecule has 2 aromatic rings. The van der Waals surface area contributed by atoms with Crippen molar-refractivity contribution in [3.63, 3.8) is 0 Å². The van der Waals surface area contributed by atoms with E-state index in [-0.39, 0.29) is 21.6 Å². The highest BCUT2D eigenvalue weighted by Crippen LogP contribution is 2.19. The number of nitro benzene ring substituents is 1. The lowest BCUT2D eigenvalue weighted by Crippen LogP contribution is -2.14. The fraction of sp³-hybridized carbons (Fsp3) is 0. The number of benzene rings is 1. The van der Waals surface area contributed by atoms with Gasteiger partial charge in [0.15, 0.2) is 5.82 Å². The van der Waals surface area contributed by atoms with E-state index in [9.17, 15) is 18.5 Å². The molecule has 0 saturated carbocycles. The number of halogens is 1. The highest BCUT2D eigenvalue weighted by molar-refractivity contribution is 7.92. The van der Waals surface area contributed by atoms with Crippen molar-refractivity contribution in [2.45, 2.75) is 4.90 Å². The molecular weight excluding hydrogens is 308 g/mol. The largest absolute Gasteiger partial charge is 0.270 e. The second-order valence-electron chi connectivity index (χ2n) is 3.58. The third-order valence-corrected chi connectivity index (χ3v) is 3.75. The first kappa shape index (κ1) is 14.2. The monoisotopic (exact) mass is 314 g/mol. The fourth-order valence-corrected chi connectivity index (χ4v) is 2.46. The first-order chi connectivity index (χ1) is 9.38. The van der Waals surface area contributed by atoms with Crippen LogP contribution < -0.4 is 4.72 Å². The Morgan fingerprint density at radius 3 is 2.60 bits per heavy atom. The number of nitro groups is 1. The van der Waals surface area contributed by atoms with Crippen LogP contribution in [0, 0.1) is 10.1 Å². The van der Waals surface area contributed by atoms with E-state index < -0.39 is 14.9 Å². The number of hydrogen-bond donors (Lipinski definition) is 1. The lowest BCUT2D eigenvalue weighted by Gasteiger charge is -2.06. The highest BCUT2D eigenvalue weighted by Gasteiger charge is 2.18. The molecule has 1 heterocycles. The van der Waals surface area contributed by atoms with Gasteiger partial charge in [-0.1, -0.05) is 17.7 Å². The van der Waals surface area contributed by atoms with Crippen LogP contribution in [0.1, 0.15) is 0 Å². The van der Waals surface area contributed by atoms with E-state index in [1.807, 2.05) is 0 Å². The summed E-state index contributed by atoms with van der Waals surface area (Å²) in [5.41, 5.74) is -0.324. The lowest BCUT2D eigenvalue weighted by atomic mass is 10.3. The van der Waals surface area contributed by atoms with Gasteiger partial charge in [-0.05, 0) is 6.07 Å². The molecule has 0 aliphatic heterocycles. The van der Waals surface area contributed by atoms with Crippen LogP contribution >= 0.6 is 11.6 Å². The molecule has 0 spiro atoms. The minimum atomic E-state index is -3.98. The SMILES string of the molecule is O=[N+]([O-])c1cccc(S(=O)(=O)Nc2cnc(Cl)cn2)c1. The zero-order valence-electron chi connectivity index (χ0n) is 9.72. The van der Waals surface area contributed by atoms with Crippen molar-refractivity contribution in [2.24, 2.45) is 0 Å². The smallest absolute Gasteiger partial charge is 0.262 e. The highest BCUT2D eigenvalue weighted by atomic mass is 35.5. The Labute approximate surface area is 118 Å². The predicted octanol–water partition coefficient (Wildman–Crippen LogP) is 1.84. The Hall–Kier alpha value is -2.26. The summed E-state index contributed by atoms with van der Waals surface area (Å²) in [5.74, 6) is -0.0408. The van der Waals surface area contributed by atoms with Crippen molar-refractivity contribution >= 4 is 33.1 Å². The molecule has 0 amide bonds. The quantitative estimate of drug-likeness (QED) is 0.680. The molecule has 1 aromatic heterocycles. The van der Waals surface area contributed by atoms with Crippen LogP contribution in [0.2, 0.25) is 5.15 Å². The summed E-state index contributed by atoms with van der Waals surface area (Å²) in [6.07, 6.45) is 2.31. The summed E-state index contributed by atoms with van der Waals surface area (Å²) in [7, 11) is -3.98. The lowest BCUT2D eigenvalue weighted by molar-refractivity contribution is -0.385. The van der Waals surface area contributed by atoms with Crippen molar-refractivity contribution in [1.29, 1.82) is 0 Å². The number of rotatable bonds is 4. The molecule has 0 atom stereocenters. The van der Waals surface area contributed by atoms with Crippen molar-refractivity contribution < 1.29 is 13.3 Å². The third-order valence-electron chi connectivity index (χ3n) is 2.20. The van der Waals surface area contributed by atoms with Gasteiger partial charge < -0.3 is 0 Å². The first-order valence-corrected chi connectivity index (χ1v) is 6.99. The molecule has 1 aromatic carbocycles. The van der Waals surface area contributed by atoms with E-state index in [1.54, 1.807) is 0 Å². The average molecular weight is 315 g/mol. The molecule has 20 heavy (non-hydrogen) atoms. The molecule has 0 aliphatic carbocycles. The van der Waals surface area contributed by atoms with Gasteiger partial charge in [-0.3, -0.25) is 14.8 Å². The summed E-state index contributed by atoms with van der Waals surface area (Å²) in [6.45, 7) is 0. The predicted molar refractivity (Wildman–Crippen MR) is 70.9 cm³/mol. The van der Waals surface area contributed by atoms with Crippen LogP contribution in [0.3, 0.4) is 0 Å². The molecule has 0 radical (unpaired) electrons. The molecular formula is C10H7ClN4O4S. The van der Waals surface area contributed by atoms with Gasteiger partial charge in [-0.2, -0.15) is 0 Å². The van der Waals surface area contributed by atoms with Crippen molar-refractivity contribution in [1.82, 2.24) is 9.97 Å². The maximum absolute atomic E-state index is 12.0. The number of hydrogen-bond acceptors (Lipinski definition) is 6. The van der Waals surface area contributed by atoms with Crippen molar-refractivity contribution in [3.05, 3.63) is 51.9 Å². The van der Waals surface area contributed by atoms with Gasteiger partial charge in [0.1, 0.15) is 5.15 Å². The molecule has 0 bridgehead atoms. The van der Waals surface area contributed by atoms with Gasteiger partial charge in [-0.15, -0.1) is 0 Å². The summed E-state index contributed by atoms with van der Waals surface area (Å²) in [5, 5.41) is 10.7. The van der Waals surface area contributed by atoms with E-state index in [0.717, 1.165) is 12.3 Å². The summed E-state index contributed by atoms with van der Waals surface area (Å²) in [6, 6.07) is 4.66. The zero-order valence-corrected chi connectivity index (χ0v) is 11.3. The molecule has 2 rings (SSSR count). The van der Waals surface area contributed by atoms with E-state index in [0.29, 0.717) is 0 Å². The van der Waals surface area contributed by atoms with Gasteiger partial charge in [0.25, 0.3) is 15.7 Å². The number of aromatic nitrogens is 2. The minimum Gasteiger partial charge on any atom is -0.262 e. The summed E-state index contributed by atoms with van der Waals surface area (Å²) >= 11 is 5.53. The zero-order chi connectivity index (χ0) is 14.8. The van der Waals surface area contributed by atoms with Crippen LogP contribution in [0.4, 0.5) is 11.5 Å². The van der Waals surface area contributed by atoms with Crippen LogP contribution in [-0.4, -0.2) is 23.3 Å². The Kier molecular flexibility index (Phi) is 3.81. The Morgan fingerprint density at radius 1 is 1.25 bits per heavy atom. The molecule has 0 saturated heterocycles. The molecule has 0 fully saturated rings. The van der Waals surface area contributed by atoms with Crippen molar-refractivity contribution in [3.8, 4) is 0 Å². The maximum Gasteiger partial charge on any atom is 0.270 e. The molecule has 0 unspecified atom stereocenters. The van der Waals surface area contributed by atoms with Gasteiger partial charge in [-0.25, -0.2) is 18.4 Å². The number of nitrogens with zero attached hydrogens (tertiary/aromatic N) is 3. The maximum atomic E-state index is 12.0. The molecule has 1 N–H and O–H groups in total. The Bertz CT molecular complexity index is 748. The van der Waals surface area contributed by atoms with E-state index >= 15 is 0 Å². The number of non-ortho nitro benzene ring substituents is 1.